The second-order valence-corrected chi connectivity index (χ2v) is 6.31. The third-order valence-electron chi connectivity index (χ3n) is 4.78. The standard InChI is InChI=1S/C17H23N4O2/c18-16(22)14-7-4-8-15(19-14)20-9-11-21(12-10-20)17(23)13-5-2-1-3-6-13/h4,8,13H,1-3,5-6,9-12H2,(H2,18,22). The molecule has 2 fully saturated rings. The van der Waals surface area contributed by atoms with Crippen molar-refractivity contribution < 1.29 is 9.59 Å². The van der Waals surface area contributed by atoms with Gasteiger partial charge in [0.05, 0.1) is 0 Å². The smallest absolute Gasteiger partial charge is 0.268 e. The summed E-state index contributed by atoms with van der Waals surface area (Å²) in [6.07, 6.45) is 5.69. The van der Waals surface area contributed by atoms with E-state index in [1.807, 2.05) is 11.0 Å². The molecule has 1 saturated heterocycles. The number of rotatable bonds is 3. The van der Waals surface area contributed by atoms with Gasteiger partial charge in [0.15, 0.2) is 0 Å². The molecule has 6 heteroatoms. The third-order valence-corrected chi connectivity index (χ3v) is 4.78. The van der Waals surface area contributed by atoms with Crippen LogP contribution in [0.1, 0.15) is 42.6 Å². The van der Waals surface area contributed by atoms with Crippen LogP contribution in [0.3, 0.4) is 0 Å². The van der Waals surface area contributed by atoms with Gasteiger partial charge in [-0.1, -0.05) is 19.3 Å². The van der Waals surface area contributed by atoms with Crippen molar-refractivity contribution in [2.24, 2.45) is 11.7 Å². The van der Waals surface area contributed by atoms with Gasteiger partial charge in [-0.05, 0) is 25.0 Å². The molecule has 2 heterocycles. The number of carbonyl (C=O) groups excluding carboxylic acids is 2. The van der Waals surface area contributed by atoms with E-state index >= 15 is 0 Å². The van der Waals surface area contributed by atoms with Crippen molar-refractivity contribution in [1.29, 1.82) is 0 Å². The van der Waals surface area contributed by atoms with Crippen LogP contribution in [-0.2, 0) is 4.79 Å². The van der Waals surface area contributed by atoms with E-state index in [2.05, 4.69) is 16.0 Å². The lowest BCUT2D eigenvalue weighted by Crippen LogP contribution is -2.50. The van der Waals surface area contributed by atoms with Crippen LogP contribution < -0.4 is 10.6 Å². The first-order valence-electron chi connectivity index (χ1n) is 8.37. The average Bonchev–Trinajstić information content (AvgIpc) is 2.62. The zero-order valence-corrected chi connectivity index (χ0v) is 13.3. The first-order valence-corrected chi connectivity index (χ1v) is 8.37. The highest BCUT2D eigenvalue weighted by atomic mass is 16.2. The SMILES string of the molecule is NC(=O)c1[c]ccc(N2CCN(C(=O)C3CCCCC3)CC2)n1. The molecule has 2 aliphatic rings. The van der Waals surface area contributed by atoms with Crippen LogP contribution >= 0.6 is 0 Å². The van der Waals surface area contributed by atoms with Gasteiger partial charge < -0.3 is 15.5 Å². The Morgan fingerprint density at radius 3 is 2.48 bits per heavy atom. The number of hydrogen-bond donors (Lipinski definition) is 1. The summed E-state index contributed by atoms with van der Waals surface area (Å²) in [5, 5.41) is 0. The number of piperazine rings is 1. The summed E-state index contributed by atoms with van der Waals surface area (Å²) in [7, 11) is 0. The molecule has 3 rings (SSSR count). The van der Waals surface area contributed by atoms with E-state index in [9.17, 15) is 9.59 Å². The fourth-order valence-corrected chi connectivity index (χ4v) is 3.45. The summed E-state index contributed by atoms with van der Waals surface area (Å²) >= 11 is 0. The van der Waals surface area contributed by atoms with Crippen molar-refractivity contribution in [3.8, 4) is 0 Å². The molecule has 0 aromatic carbocycles. The molecule has 1 aliphatic heterocycles. The van der Waals surface area contributed by atoms with Crippen molar-refractivity contribution >= 4 is 17.6 Å². The van der Waals surface area contributed by atoms with Crippen LogP contribution in [0, 0.1) is 12.0 Å². The van der Waals surface area contributed by atoms with E-state index in [-0.39, 0.29) is 11.6 Å². The molecular weight excluding hydrogens is 292 g/mol. The largest absolute Gasteiger partial charge is 0.364 e. The lowest BCUT2D eigenvalue weighted by Gasteiger charge is -2.37. The van der Waals surface area contributed by atoms with E-state index in [4.69, 9.17) is 5.73 Å². The van der Waals surface area contributed by atoms with Gasteiger partial charge in [0.1, 0.15) is 11.5 Å². The van der Waals surface area contributed by atoms with Gasteiger partial charge >= 0.3 is 0 Å². The fourth-order valence-electron chi connectivity index (χ4n) is 3.45. The molecule has 2 N–H and O–H groups in total. The number of nitrogens with two attached hydrogens (primary N) is 1. The molecule has 2 amide bonds. The lowest BCUT2D eigenvalue weighted by molar-refractivity contribution is -0.136. The Morgan fingerprint density at radius 1 is 1.13 bits per heavy atom. The van der Waals surface area contributed by atoms with Crippen LogP contribution in [0.15, 0.2) is 12.1 Å². The first kappa shape index (κ1) is 15.8. The molecule has 6 nitrogen and oxygen atoms in total. The minimum Gasteiger partial charge on any atom is -0.364 e. The van der Waals surface area contributed by atoms with Crippen molar-refractivity contribution in [1.82, 2.24) is 9.88 Å². The van der Waals surface area contributed by atoms with Crippen LogP contribution in [0.25, 0.3) is 0 Å². The number of hydrogen-bond acceptors (Lipinski definition) is 4. The minimum absolute atomic E-state index is 0.156. The average molecular weight is 315 g/mol. The topological polar surface area (TPSA) is 79.5 Å². The maximum Gasteiger partial charge on any atom is 0.268 e. The predicted octanol–water partition coefficient (Wildman–Crippen LogP) is 1.21. The minimum atomic E-state index is -0.571. The zero-order chi connectivity index (χ0) is 16.2. The normalized spacial score (nSPS) is 19.7. The third kappa shape index (κ3) is 3.63. The van der Waals surface area contributed by atoms with Gasteiger partial charge in [0.2, 0.25) is 5.91 Å². The van der Waals surface area contributed by atoms with Gasteiger partial charge in [-0.15, -0.1) is 0 Å². The van der Waals surface area contributed by atoms with E-state index in [0.717, 1.165) is 31.7 Å². The summed E-state index contributed by atoms with van der Waals surface area (Å²) in [4.78, 5) is 32.1. The molecule has 0 bridgehead atoms. The van der Waals surface area contributed by atoms with Gasteiger partial charge in [-0.2, -0.15) is 0 Å². The molecule has 23 heavy (non-hydrogen) atoms. The number of primary amides is 1. The van der Waals surface area contributed by atoms with Crippen LogP contribution in [0.5, 0.6) is 0 Å². The van der Waals surface area contributed by atoms with Crippen molar-refractivity contribution in [3.05, 3.63) is 23.9 Å². The number of anilines is 1. The maximum atomic E-state index is 12.6. The van der Waals surface area contributed by atoms with E-state index in [0.29, 0.717) is 19.0 Å². The van der Waals surface area contributed by atoms with Crippen molar-refractivity contribution in [3.63, 3.8) is 0 Å². The molecule has 1 aromatic heterocycles. The van der Waals surface area contributed by atoms with Gasteiger partial charge in [-0.25, -0.2) is 4.98 Å². The molecule has 0 unspecified atom stereocenters. The number of pyridine rings is 1. The molecule has 0 spiro atoms. The predicted molar refractivity (Wildman–Crippen MR) is 87.0 cm³/mol. The van der Waals surface area contributed by atoms with Crippen molar-refractivity contribution in [2.75, 3.05) is 31.1 Å². The fraction of sp³-hybridized carbons (Fsp3) is 0.588. The number of amides is 2. The van der Waals surface area contributed by atoms with Gasteiger partial charge in [-0.3, -0.25) is 9.59 Å². The molecule has 1 aromatic rings. The summed E-state index contributed by atoms with van der Waals surface area (Å²) < 4.78 is 0. The molecule has 1 aliphatic carbocycles. The Balaban J connectivity index is 1.58. The second kappa shape index (κ2) is 6.98. The monoisotopic (exact) mass is 315 g/mol. The molecule has 1 radical (unpaired) electrons. The highest BCUT2D eigenvalue weighted by Gasteiger charge is 2.28. The summed E-state index contributed by atoms with van der Waals surface area (Å²) in [5.74, 6) is 0.693. The Hall–Kier alpha value is -2.11. The Labute approximate surface area is 136 Å². The first-order chi connectivity index (χ1) is 11.1. The molecule has 1 saturated carbocycles. The molecule has 123 valence electrons. The van der Waals surface area contributed by atoms with Crippen LogP contribution in [0.2, 0.25) is 0 Å². The molecular formula is C17H23N4O2. The van der Waals surface area contributed by atoms with Gasteiger partial charge in [0.25, 0.3) is 5.91 Å². The van der Waals surface area contributed by atoms with E-state index in [1.165, 1.54) is 19.3 Å². The second-order valence-electron chi connectivity index (χ2n) is 6.31. The Bertz CT molecular complexity index is 576. The van der Waals surface area contributed by atoms with Crippen LogP contribution in [0.4, 0.5) is 5.82 Å². The number of nitrogens with zero attached hydrogens (tertiary/aromatic N) is 3. The summed E-state index contributed by atoms with van der Waals surface area (Å²) in [6, 6.07) is 6.23. The Morgan fingerprint density at radius 2 is 1.83 bits per heavy atom. The lowest BCUT2D eigenvalue weighted by atomic mass is 9.88. The van der Waals surface area contributed by atoms with E-state index < -0.39 is 5.91 Å². The number of carbonyl (C=O) groups is 2. The number of aromatic nitrogens is 1. The quantitative estimate of drug-likeness (QED) is 0.909. The Kier molecular flexibility index (Phi) is 4.79. The maximum absolute atomic E-state index is 12.6. The highest BCUT2D eigenvalue weighted by Crippen LogP contribution is 2.26. The van der Waals surface area contributed by atoms with Gasteiger partial charge in [0, 0.05) is 38.2 Å². The van der Waals surface area contributed by atoms with E-state index in [1.54, 1.807) is 6.07 Å². The molecule has 0 atom stereocenters. The summed E-state index contributed by atoms with van der Waals surface area (Å²) in [5.41, 5.74) is 5.41. The zero-order valence-electron chi connectivity index (χ0n) is 13.3. The van der Waals surface area contributed by atoms with Crippen molar-refractivity contribution in [2.45, 2.75) is 32.1 Å². The van der Waals surface area contributed by atoms with Crippen LogP contribution in [-0.4, -0.2) is 47.9 Å². The highest BCUT2D eigenvalue weighted by molar-refractivity contribution is 5.90. The summed E-state index contributed by atoms with van der Waals surface area (Å²) in [6.45, 7) is 2.88.